The average Bonchev–Trinajstić information content (AvgIpc) is 2.73. The van der Waals surface area contributed by atoms with Crippen LogP contribution in [0.5, 0.6) is 0 Å². The molecular weight excluding hydrogens is 290 g/mol. The molecule has 0 saturated heterocycles. The van der Waals surface area contributed by atoms with Gasteiger partial charge in [0.15, 0.2) is 5.16 Å². The number of nitrogen functional groups attached to an aromatic ring is 1. The van der Waals surface area contributed by atoms with Gasteiger partial charge in [-0.3, -0.25) is 0 Å². The summed E-state index contributed by atoms with van der Waals surface area (Å²) in [4.78, 5) is 9.09. The summed E-state index contributed by atoms with van der Waals surface area (Å²) in [5.41, 5.74) is 7.37. The van der Waals surface area contributed by atoms with Crippen LogP contribution >= 0.6 is 23.5 Å². The lowest BCUT2D eigenvalue weighted by Gasteiger charge is -2.29. The molecule has 1 aromatic rings. The monoisotopic (exact) mass is 311 g/mol. The number of aliphatic hydroxyl groups is 1. The SMILES string of the molecule is CC(O)CSc1nc(N)c2c(n1)SC1CC(C)CCC21. The molecule has 2 heterocycles. The van der Waals surface area contributed by atoms with Crippen molar-refractivity contribution in [1.82, 2.24) is 9.97 Å². The van der Waals surface area contributed by atoms with Gasteiger partial charge in [-0.05, 0) is 25.7 Å². The summed E-state index contributed by atoms with van der Waals surface area (Å²) < 4.78 is 0. The van der Waals surface area contributed by atoms with Gasteiger partial charge in [0.05, 0.1) is 6.10 Å². The fourth-order valence-corrected chi connectivity index (χ4v) is 5.51. The highest BCUT2D eigenvalue weighted by Crippen LogP contribution is 2.53. The molecule has 6 heteroatoms. The number of hydrogen-bond donors (Lipinski definition) is 2. The van der Waals surface area contributed by atoms with Gasteiger partial charge in [0, 0.05) is 22.5 Å². The van der Waals surface area contributed by atoms with Gasteiger partial charge in [-0.15, -0.1) is 11.8 Å². The van der Waals surface area contributed by atoms with E-state index in [0.29, 0.717) is 27.9 Å². The first-order valence-corrected chi connectivity index (χ1v) is 9.06. The zero-order valence-electron chi connectivity index (χ0n) is 11.9. The molecule has 0 aromatic carbocycles. The van der Waals surface area contributed by atoms with E-state index < -0.39 is 0 Å². The van der Waals surface area contributed by atoms with E-state index in [1.165, 1.54) is 36.6 Å². The van der Waals surface area contributed by atoms with Crippen LogP contribution in [0.2, 0.25) is 0 Å². The Bertz CT molecular complexity index is 509. The van der Waals surface area contributed by atoms with Crippen molar-refractivity contribution in [2.45, 2.75) is 60.6 Å². The number of anilines is 1. The van der Waals surface area contributed by atoms with Crippen LogP contribution in [0.3, 0.4) is 0 Å². The van der Waals surface area contributed by atoms with Gasteiger partial charge in [-0.1, -0.05) is 25.1 Å². The lowest BCUT2D eigenvalue weighted by atomic mass is 9.80. The average molecular weight is 311 g/mol. The first kappa shape index (κ1) is 14.5. The minimum absolute atomic E-state index is 0.353. The Morgan fingerprint density at radius 3 is 3.00 bits per heavy atom. The van der Waals surface area contributed by atoms with Crippen molar-refractivity contribution in [1.29, 1.82) is 0 Å². The number of rotatable bonds is 3. The topological polar surface area (TPSA) is 72.0 Å². The Kier molecular flexibility index (Phi) is 4.15. The van der Waals surface area contributed by atoms with Gasteiger partial charge < -0.3 is 10.8 Å². The molecule has 20 heavy (non-hydrogen) atoms. The number of aromatic nitrogens is 2. The van der Waals surface area contributed by atoms with Gasteiger partial charge in [-0.25, -0.2) is 9.97 Å². The highest BCUT2D eigenvalue weighted by molar-refractivity contribution is 8.00. The Labute approximate surface area is 128 Å². The minimum atomic E-state index is -0.353. The lowest BCUT2D eigenvalue weighted by Crippen LogP contribution is -2.21. The molecule has 1 aliphatic heterocycles. The number of fused-ring (bicyclic) bond motifs is 3. The molecule has 110 valence electrons. The summed E-state index contributed by atoms with van der Waals surface area (Å²) in [6.07, 6.45) is 3.38. The zero-order chi connectivity index (χ0) is 14.3. The molecule has 1 saturated carbocycles. The summed E-state index contributed by atoms with van der Waals surface area (Å²) in [7, 11) is 0. The van der Waals surface area contributed by atoms with E-state index in [4.69, 9.17) is 5.73 Å². The van der Waals surface area contributed by atoms with E-state index in [-0.39, 0.29) is 6.10 Å². The second-order valence-corrected chi connectivity index (χ2v) is 8.17. The zero-order valence-corrected chi connectivity index (χ0v) is 13.5. The van der Waals surface area contributed by atoms with Crippen molar-refractivity contribution in [2.24, 2.45) is 5.92 Å². The van der Waals surface area contributed by atoms with Crippen LogP contribution in [0, 0.1) is 5.92 Å². The van der Waals surface area contributed by atoms with Gasteiger partial charge in [-0.2, -0.15) is 0 Å². The molecule has 0 bridgehead atoms. The third kappa shape index (κ3) is 2.78. The van der Waals surface area contributed by atoms with E-state index in [1.54, 1.807) is 6.92 Å². The maximum absolute atomic E-state index is 9.36. The van der Waals surface area contributed by atoms with Crippen LogP contribution in [0.4, 0.5) is 5.82 Å². The highest BCUT2D eigenvalue weighted by atomic mass is 32.2. The van der Waals surface area contributed by atoms with Gasteiger partial charge in [0.1, 0.15) is 10.8 Å². The number of nitrogens with zero attached hydrogens (tertiary/aromatic N) is 2. The van der Waals surface area contributed by atoms with Crippen LogP contribution < -0.4 is 5.73 Å². The van der Waals surface area contributed by atoms with E-state index in [1.807, 2.05) is 11.8 Å². The van der Waals surface area contributed by atoms with Gasteiger partial charge in [0.25, 0.3) is 0 Å². The first-order valence-electron chi connectivity index (χ1n) is 7.19. The standard InChI is InChI=1S/C14H21N3OS2/c1-7-3-4-9-10(5-7)20-13-11(9)12(15)16-14(17-13)19-6-8(2)18/h7-10,18H,3-6H2,1-2H3,(H2,15,16,17). The quantitative estimate of drug-likeness (QED) is 0.508. The summed E-state index contributed by atoms with van der Waals surface area (Å²) >= 11 is 3.36. The van der Waals surface area contributed by atoms with Crippen LogP contribution in [0.1, 0.15) is 44.6 Å². The molecule has 4 unspecified atom stereocenters. The van der Waals surface area contributed by atoms with Crippen molar-refractivity contribution in [3.63, 3.8) is 0 Å². The molecule has 3 N–H and O–H groups in total. The molecule has 1 fully saturated rings. The number of nitrogens with two attached hydrogens (primary N) is 1. The summed E-state index contributed by atoms with van der Waals surface area (Å²) in [5.74, 6) is 2.60. The van der Waals surface area contributed by atoms with Crippen LogP contribution in [0.25, 0.3) is 0 Å². The van der Waals surface area contributed by atoms with Crippen molar-refractivity contribution < 1.29 is 5.11 Å². The molecule has 1 aromatic heterocycles. The second kappa shape index (κ2) is 5.73. The fourth-order valence-electron chi connectivity index (χ4n) is 3.08. The fraction of sp³-hybridized carbons (Fsp3) is 0.714. The Morgan fingerprint density at radius 1 is 1.45 bits per heavy atom. The Hall–Kier alpha value is -0.460. The lowest BCUT2D eigenvalue weighted by molar-refractivity contribution is 0.220. The summed E-state index contributed by atoms with van der Waals surface area (Å²) in [5, 5.41) is 11.8. The molecular formula is C14H21N3OS2. The normalized spacial score (nSPS) is 29.9. The first-order chi connectivity index (χ1) is 9.54. The number of thioether (sulfide) groups is 2. The Balaban J connectivity index is 1.84. The van der Waals surface area contributed by atoms with Crippen molar-refractivity contribution in [3.8, 4) is 0 Å². The van der Waals surface area contributed by atoms with Crippen molar-refractivity contribution in [2.75, 3.05) is 11.5 Å². The molecule has 4 atom stereocenters. The molecule has 4 nitrogen and oxygen atoms in total. The van der Waals surface area contributed by atoms with E-state index in [2.05, 4.69) is 16.9 Å². The van der Waals surface area contributed by atoms with Crippen molar-refractivity contribution >= 4 is 29.3 Å². The van der Waals surface area contributed by atoms with E-state index in [9.17, 15) is 5.11 Å². The Morgan fingerprint density at radius 2 is 2.25 bits per heavy atom. The smallest absolute Gasteiger partial charge is 0.190 e. The molecule has 0 radical (unpaired) electrons. The van der Waals surface area contributed by atoms with Crippen LogP contribution in [-0.4, -0.2) is 32.2 Å². The number of aliphatic hydroxyl groups excluding tert-OH is 1. The highest BCUT2D eigenvalue weighted by Gasteiger charge is 2.40. The van der Waals surface area contributed by atoms with Crippen LogP contribution in [0.15, 0.2) is 10.2 Å². The minimum Gasteiger partial charge on any atom is -0.393 e. The third-order valence-corrected chi connectivity index (χ3v) is 6.51. The maximum atomic E-state index is 9.36. The van der Waals surface area contributed by atoms with Gasteiger partial charge >= 0.3 is 0 Å². The van der Waals surface area contributed by atoms with E-state index >= 15 is 0 Å². The molecule has 0 amide bonds. The largest absolute Gasteiger partial charge is 0.393 e. The molecule has 2 aliphatic rings. The summed E-state index contributed by atoms with van der Waals surface area (Å²) in [6, 6.07) is 0. The summed E-state index contributed by atoms with van der Waals surface area (Å²) in [6.45, 7) is 4.10. The third-order valence-electron chi connectivity index (χ3n) is 4.06. The van der Waals surface area contributed by atoms with Crippen molar-refractivity contribution in [3.05, 3.63) is 5.56 Å². The van der Waals surface area contributed by atoms with Gasteiger partial charge in [0.2, 0.25) is 0 Å². The predicted octanol–water partition coefficient (Wildman–Crippen LogP) is 2.91. The molecule has 3 rings (SSSR count). The molecule has 0 spiro atoms. The predicted molar refractivity (Wildman–Crippen MR) is 84.3 cm³/mol. The maximum Gasteiger partial charge on any atom is 0.190 e. The number of hydrogen-bond acceptors (Lipinski definition) is 6. The van der Waals surface area contributed by atoms with Crippen LogP contribution in [-0.2, 0) is 0 Å². The van der Waals surface area contributed by atoms with E-state index in [0.717, 1.165) is 10.9 Å². The molecule has 1 aliphatic carbocycles. The second-order valence-electron chi connectivity index (χ2n) is 5.95.